The fourth-order valence-corrected chi connectivity index (χ4v) is 3.04. The molecule has 0 aliphatic rings. The van der Waals surface area contributed by atoms with Gasteiger partial charge in [-0.2, -0.15) is 4.98 Å². The van der Waals surface area contributed by atoms with Crippen molar-refractivity contribution in [2.24, 2.45) is 0 Å². The second kappa shape index (κ2) is 6.27. The molecule has 0 bridgehead atoms. The topological polar surface area (TPSA) is 98.0 Å². The molecule has 23 heavy (non-hydrogen) atoms. The Morgan fingerprint density at radius 2 is 1.96 bits per heavy atom. The van der Waals surface area contributed by atoms with E-state index >= 15 is 0 Å². The van der Waals surface area contributed by atoms with Crippen molar-refractivity contribution in [2.45, 2.75) is 18.4 Å². The zero-order valence-electron chi connectivity index (χ0n) is 12.3. The predicted molar refractivity (Wildman–Crippen MR) is 82.7 cm³/mol. The molecule has 1 aromatic carbocycles. The molecule has 3 aromatic rings. The molecule has 0 saturated heterocycles. The molecule has 0 saturated carbocycles. The molecule has 1 N–H and O–H groups in total. The summed E-state index contributed by atoms with van der Waals surface area (Å²) in [6, 6.07) is 9.87. The molecule has 0 radical (unpaired) electrons. The van der Waals surface area contributed by atoms with E-state index in [0.717, 1.165) is 5.56 Å². The molecule has 2 heterocycles. The largest absolute Gasteiger partial charge is 0.334 e. The highest BCUT2D eigenvalue weighted by Crippen LogP contribution is 2.21. The standard InChI is InChI=1S/C15H14N4O3S/c1-11-18-15(22-19-11)13-3-2-4-14(9-13)23(20,21)17-10-12-5-7-16-8-6-12/h2-9,17H,10H2,1H3. The minimum absolute atomic E-state index is 0.139. The third kappa shape index (κ3) is 3.61. The van der Waals surface area contributed by atoms with Gasteiger partial charge in [0.25, 0.3) is 5.89 Å². The summed E-state index contributed by atoms with van der Waals surface area (Å²) in [5.41, 5.74) is 1.38. The van der Waals surface area contributed by atoms with Crippen LogP contribution in [0.1, 0.15) is 11.4 Å². The van der Waals surface area contributed by atoms with Crippen LogP contribution in [0.2, 0.25) is 0 Å². The van der Waals surface area contributed by atoms with E-state index in [9.17, 15) is 8.42 Å². The molecule has 0 aliphatic carbocycles. The van der Waals surface area contributed by atoms with E-state index in [4.69, 9.17) is 4.52 Å². The average molecular weight is 330 g/mol. The van der Waals surface area contributed by atoms with Crippen LogP contribution in [-0.4, -0.2) is 23.5 Å². The lowest BCUT2D eigenvalue weighted by Gasteiger charge is -2.07. The van der Waals surface area contributed by atoms with Gasteiger partial charge in [0, 0.05) is 24.5 Å². The van der Waals surface area contributed by atoms with Gasteiger partial charge >= 0.3 is 0 Å². The molecular weight excluding hydrogens is 316 g/mol. The van der Waals surface area contributed by atoms with Crippen molar-refractivity contribution in [3.8, 4) is 11.5 Å². The van der Waals surface area contributed by atoms with E-state index in [1.807, 2.05) is 0 Å². The molecule has 118 valence electrons. The van der Waals surface area contributed by atoms with Gasteiger partial charge in [0.2, 0.25) is 10.0 Å². The van der Waals surface area contributed by atoms with Crippen molar-refractivity contribution in [1.82, 2.24) is 19.8 Å². The smallest absolute Gasteiger partial charge is 0.257 e. The highest BCUT2D eigenvalue weighted by atomic mass is 32.2. The van der Waals surface area contributed by atoms with Crippen molar-refractivity contribution < 1.29 is 12.9 Å². The summed E-state index contributed by atoms with van der Waals surface area (Å²) in [5.74, 6) is 0.776. The normalized spacial score (nSPS) is 11.5. The lowest BCUT2D eigenvalue weighted by Crippen LogP contribution is -2.23. The molecule has 0 unspecified atom stereocenters. The van der Waals surface area contributed by atoms with Crippen molar-refractivity contribution in [3.05, 3.63) is 60.2 Å². The molecule has 0 fully saturated rings. The van der Waals surface area contributed by atoms with Gasteiger partial charge in [-0.05, 0) is 42.8 Å². The summed E-state index contributed by atoms with van der Waals surface area (Å²) in [6.45, 7) is 1.89. The molecule has 2 aromatic heterocycles. The Balaban J connectivity index is 1.82. The molecule has 0 atom stereocenters. The summed E-state index contributed by atoms with van der Waals surface area (Å²) < 4.78 is 32.4. The van der Waals surface area contributed by atoms with Gasteiger partial charge in [-0.3, -0.25) is 4.98 Å². The molecule has 7 nitrogen and oxygen atoms in total. The Labute approximate surface area is 133 Å². The predicted octanol–water partition coefficient (Wildman–Crippen LogP) is 1.92. The number of hydrogen-bond acceptors (Lipinski definition) is 6. The third-order valence-corrected chi connectivity index (χ3v) is 4.53. The van der Waals surface area contributed by atoms with Gasteiger partial charge in [-0.25, -0.2) is 13.1 Å². The molecule has 0 spiro atoms. The molecule has 0 amide bonds. The first-order valence-electron chi connectivity index (χ1n) is 6.84. The monoisotopic (exact) mass is 330 g/mol. The maximum Gasteiger partial charge on any atom is 0.257 e. The van der Waals surface area contributed by atoms with Crippen LogP contribution in [-0.2, 0) is 16.6 Å². The van der Waals surface area contributed by atoms with Gasteiger partial charge < -0.3 is 4.52 Å². The first-order valence-corrected chi connectivity index (χ1v) is 8.32. The minimum atomic E-state index is -3.64. The Morgan fingerprint density at radius 1 is 1.17 bits per heavy atom. The SMILES string of the molecule is Cc1noc(-c2cccc(S(=O)(=O)NCc3ccncc3)c2)n1. The van der Waals surface area contributed by atoms with E-state index in [0.29, 0.717) is 11.4 Å². The van der Waals surface area contributed by atoms with Crippen LogP contribution in [0, 0.1) is 6.92 Å². The first-order chi connectivity index (χ1) is 11.0. The number of aryl methyl sites for hydroxylation is 1. The third-order valence-electron chi connectivity index (χ3n) is 3.13. The second-order valence-corrected chi connectivity index (χ2v) is 6.62. The minimum Gasteiger partial charge on any atom is -0.334 e. The fourth-order valence-electron chi connectivity index (χ4n) is 1.97. The van der Waals surface area contributed by atoms with Crippen molar-refractivity contribution in [1.29, 1.82) is 0 Å². The molecule has 0 aliphatic heterocycles. The van der Waals surface area contributed by atoms with Gasteiger partial charge in [-0.1, -0.05) is 11.2 Å². The van der Waals surface area contributed by atoms with Gasteiger partial charge in [0.05, 0.1) is 4.90 Å². The molecular formula is C15H14N4O3S. The number of aromatic nitrogens is 3. The highest BCUT2D eigenvalue weighted by Gasteiger charge is 2.16. The van der Waals surface area contributed by atoms with E-state index in [-0.39, 0.29) is 17.3 Å². The first kappa shape index (κ1) is 15.3. The van der Waals surface area contributed by atoms with Crippen LogP contribution in [0.5, 0.6) is 0 Å². The van der Waals surface area contributed by atoms with E-state index in [2.05, 4.69) is 19.8 Å². The van der Waals surface area contributed by atoms with Crippen LogP contribution < -0.4 is 4.72 Å². The van der Waals surface area contributed by atoms with Crippen LogP contribution in [0.4, 0.5) is 0 Å². The van der Waals surface area contributed by atoms with Crippen molar-refractivity contribution in [3.63, 3.8) is 0 Å². The Morgan fingerprint density at radius 3 is 2.65 bits per heavy atom. The summed E-state index contributed by atoms with van der Waals surface area (Å²) in [4.78, 5) is 8.13. The number of nitrogens with zero attached hydrogens (tertiary/aromatic N) is 3. The Hall–Kier alpha value is -2.58. The lowest BCUT2D eigenvalue weighted by atomic mass is 10.2. The Kier molecular flexibility index (Phi) is 4.18. The van der Waals surface area contributed by atoms with Crippen LogP contribution >= 0.6 is 0 Å². The molecule has 3 rings (SSSR count). The Bertz CT molecular complexity index is 907. The van der Waals surface area contributed by atoms with Gasteiger partial charge in [0.1, 0.15) is 0 Å². The summed E-state index contributed by atoms with van der Waals surface area (Å²) in [7, 11) is -3.64. The number of sulfonamides is 1. The number of benzene rings is 1. The van der Waals surface area contributed by atoms with Gasteiger partial charge in [-0.15, -0.1) is 0 Å². The quantitative estimate of drug-likeness (QED) is 0.767. The fraction of sp³-hybridized carbons (Fsp3) is 0.133. The number of rotatable bonds is 5. The van der Waals surface area contributed by atoms with Crippen LogP contribution in [0.3, 0.4) is 0 Å². The van der Waals surface area contributed by atoms with Crippen LogP contribution in [0.25, 0.3) is 11.5 Å². The number of nitrogens with one attached hydrogen (secondary N) is 1. The summed E-state index contributed by atoms with van der Waals surface area (Å²) in [5, 5.41) is 3.70. The van der Waals surface area contributed by atoms with Crippen molar-refractivity contribution in [2.75, 3.05) is 0 Å². The highest BCUT2D eigenvalue weighted by molar-refractivity contribution is 7.89. The second-order valence-electron chi connectivity index (χ2n) is 4.85. The maximum atomic E-state index is 12.4. The average Bonchev–Trinajstić information content (AvgIpc) is 3.01. The lowest BCUT2D eigenvalue weighted by molar-refractivity contribution is 0.425. The zero-order chi connectivity index (χ0) is 16.3. The van der Waals surface area contributed by atoms with Crippen molar-refractivity contribution >= 4 is 10.0 Å². The van der Waals surface area contributed by atoms with E-state index < -0.39 is 10.0 Å². The number of pyridine rings is 1. The summed E-state index contributed by atoms with van der Waals surface area (Å²) in [6.07, 6.45) is 3.23. The van der Waals surface area contributed by atoms with Gasteiger partial charge in [0.15, 0.2) is 5.82 Å². The summed E-state index contributed by atoms with van der Waals surface area (Å²) >= 11 is 0. The number of hydrogen-bond donors (Lipinski definition) is 1. The zero-order valence-corrected chi connectivity index (χ0v) is 13.1. The van der Waals surface area contributed by atoms with Crippen LogP contribution in [0.15, 0.2) is 58.2 Å². The maximum absolute atomic E-state index is 12.4. The molecule has 8 heteroatoms. The van der Waals surface area contributed by atoms with E-state index in [1.165, 1.54) is 12.1 Å². The van der Waals surface area contributed by atoms with E-state index in [1.54, 1.807) is 43.6 Å².